The third-order valence-electron chi connectivity index (χ3n) is 11.1. The van der Waals surface area contributed by atoms with E-state index in [4.69, 9.17) is 23.7 Å². The summed E-state index contributed by atoms with van der Waals surface area (Å²) in [6.45, 7) is 7.59. The molecule has 1 aliphatic carbocycles. The summed E-state index contributed by atoms with van der Waals surface area (Å²) >= 11 is 0. The molecule has 0 bridgehead atoms. The van der Waals surface area contributed by atoms with Crippen molar-refractivity contribution in [2.75, 3.05) is 90.7 Å². The van der Waals surface area contributed by atoms with Crippen LogP contribution >= 0.6 is 0 Å². The molecule has 0 aromatic heterocycles. The Hall–Kier alpha value is -4.69. The maximum absolute atomic E-state index is 13.7. The number of fused-ring (bicyclic) bond motifs is 6. The fraction of sp³-hybridized carbons (Fsp3) is 0.477. The molecule has 6 rings (SSSR count). The van der Waals surface area contributed by atoms with Gasteiger partial charge in [-0.05, 0) is 84.9 Å². The van der Waals surface area contributed by atoms with Gasteiger partial charge in [0.1, 0.15) is 14.2 Å². The summed E-state index contributed by atoms with van der Waals surface area (Å²) in [4.78, 5) is 43.4. The van der Waals surface area contributed by atoms with Gasteiger partial charge in [0, 0.05) is 74.9 Å². The minimum atomic E-state index is -2.28. The zero-order valence-electron chi connectivity index (χ0n) is 34.3. The summed E-state index contributed by atoms with van der Waals surface area (Å²) in [5, 5.41) is 8.10. The number of anilines is 2. The zero-order chi connectivity index (χ0) is 40.6. The minimum Gasteiger partial charge on any atom is -0.446 e. The first kappa shape index (κ1) is 41.9. The molecule has 2 amide bonds. The molecule has 2 N–H and O–H groups in total. The van der Waals surface area contributed by atoms with Crippen LogP contribution in [0.3, 0.4) is 0 Å². The number of hydrogen-bond donors (Lipinski definition) is 2. The van der Waals surface area contributed by atoms with E-state index in [-0.39, 0.29) is 12.0 Å². The Labute approximate surface area is 337 Å². The summed E-state index contributed by atoms with van der Waals surface area (Å²) < 4.78 is 28.9. The van der Waals surface area contributed by atoms with E-state index < -0.39 is 25.7 Å². The summed E-state index contributed by atoms with van der Waals surface area (Å²) in [6.07, 6.45) is 8.66. The molecule has 57 heavy (non-hydrogen) atoms. The van der Waals surface area contributed by atoms with Crippen LogP contribution in [0.5, 0.6) is 0 Å². The van der Waals surface area contributed by atoms with Gasteiger partial charge in [-0.25, -0.2) is 9.59 Å². The molecule has 0 saturated carbocycles. The van der Waals surface area contributed by atoms with Crippen molar-refractivity contribution in [3.63, 3.8) is 0 Å². The first-order valence-electron chi connectivity index (χ1n) is 20.1. The van der Waals surface area contributed by atoms with Gasteiger partial charge in [-0.3, -0.25) is 4.79 Å². The predicted molar refractivity (Wildman–Crippen MR) is 225 cm³/mol. The van der Waals surface area contributed by atoms with Crippen LogP contribution in [-0.2, 0) is 29.3 Å². The number of alkyl carbamates (subject to hydrolysis) is 1. The highest BCUT2D eigenvalue weighted by atomic mass is 28.3. The van der Waals surface area contributed by atoms with Gasteiger partial charge in [0.05, 0.1) is 45.2 Å². The van der Waals surface area contributed by atoms with Crippen LogP contribution in [-0.4, -0.2) is 113 Å². The molecule has 12 nitrogen and oxygen atoms in total. The lowest BCUT2D eigenvalue weighted by Gasteiger charge is -2.44. The summed E-state index contributed by atoms with van der Waals surface area (Å²) in [7, 11) is 5.83. The SMILES string of the molecule is CN(C)c1ccc2c(c1)[Si](C)(C)c1cc(N(C)C)ccc1C21OC(=O)c2ccc(C(=O)NCCOCCOCCOCCNC(=O)OC3CC/C=C/CCC3)cc21. The largest absolute Gasteiger partial charge is 0.446 e. The highest BCUT2D eigenvalue weighted by Gasteiger charge is 2.56. The molecular formula is C44H58N4O8Si. The number of hydrogen-bond acceptors (Lipinski definition) is 10. The van der Waals surface area contributed by atoms with Gasteiger partial charge in [0.15, 0.2) is 5.60 Å². The molecule has 0 saturated heterocycles. The lowest BCUT2D eigenvalue weighted by Crippen LogP contribution is -2.63. The normalized spacial score (nSPS) is 17.9. The van der Waals surface area contributed by atoms with Crippen molar-refractivity contribution in [2.24, 2.45) is 0 Å². The highest BCUT2D eigenvalue weighted by Crippen LogP contribution is 2.49. The Kier molecular flexibility index (Phi) is 13.8. The molecular weight excluding hydrogens is 741 g/mol. The number of nitrogens with zero attached hydrogens (tertiary/aromatic N) is 2. The smallest absolute Gasteiger partial charge is 0.407 e. The molecule has 306 valence electrons. The fourth-order valence-corrected chi connectivity index (χ4v) is 11.1. The number of ether oxygens (including phenoxy) is 5. The quantitative estimate of drug-likeness (QED) is 0.0903. The van der Waals surface area contributed by atoms with Crippen molar-refractivity contribution in [1.29, 1.82) is 0 Å². The lowest BCUT2D eigenvalue weighted by atomic mass is 9.78. The highest BCUT2D eigenvalue weighted by molar-refractivity contribution is 7.01. The molecule has 1 unspecified atom stereocenters. The third kappa shape index (κ3) is 9.38. The van der Waals surface area contributed by atoms with Gasteiger partial charge in [-0.2, -0.15) is 0 Å². The van der Waals surface area contributed by atoms with E-state index in [0.717, 1.165) is 54.6 Å². The zero-order valence-corrected chi connectivity index (χ0v) is 35.3. The number of rotatable bonds is 16. The van der Waals surface area contributed by atoms with Crippen LogP contribution in [0, 0.1) is 0 Å². The van der Waals surface area contributed by atoms with Crippen LogP contribution in [0.15, 0.2) is 66.7 Å². The van der Waals surface area contributed by atoms with Crippen molar-refractivity contribution in [2.45, 2.75) is 56.9 Å². The van der Waals surface area contributed by atoms with Gasteiger partial charge >= 0.3 is 12.1 Å². The molecule has 0 radical (unpaired) electrons. The average Bonchev–Trinajstić information content (AvgIpc) is 3.48. The Morgan fingerprint density at radius 1 is 0.737 bits per heavy atom. The van der Waals surface area contributed by atoms with Crippen molar-refractivity contribution in [3.05, 3.63) is 94.6 Å². The topological polar surface area (TPSA) is 128 Å². The van der Waals surface area contributed by atoms with Crippen molar-refractivity contribution in [3.8, 4) is 0 Å². The molecule has 3 aliphatic rings. The van der Waals surface area contributed by atoms with Gasteiger partial charge in [0.25, 0.3) is 5.91 Å². The fourth-order valence-electron chi connectivity index (χ4n) is 7.91. The van der Waals surface area contributed by atoms with Crippen LogP contribution in [0.2, 0.25) is 13.1 Å². The number of carbonyl (C=O) groups excluding carboxylic acids is 3. The second kappa shape index (κ2) is 18.7. The van der Waals surface area contributed by atoms with Gasteiger partial charge in [0.2, 0.25) is 0 Å². The summed E-state index contributed by atoms with van der Waals surface area (Å²) in [6, 6.07) is 18.0. The van der Waals surface area contributed by atoms with Crippen LogP contribution in [0.25, 0.3) is 0 Å². The average molecular weight is 799 g/mol. The summed E-state index contributed by atoms with van der Waals surface area (Å²) in [5.41, 5.74) is 4.46. The number of carbonyl (C=O) groups is 3. The van der Waals surface area contributed by atoms with Crippen LogP contribution in [0.1, 0.15) is 69.5 Å². The molecule has 1 spiro atoms. The van der Waals surface area contributed by atoms with Crippen molar-refractivity contribution >= 4 is 47.8 Å². The molecule has 2 aliphatic heterocycles. The second-order valence-electron chi connectivity index (χ2n) is 15.7. The first-order valence-corrected chi connectivity index (χ1v) is 23.1. The van der Waals surface area contributed by atoms with E-state index in [1.54, 1.807) is 12.1 Å². The standard InChI is InChI=1S/C44H58N4O8Si/c1-47(2)32-15-18-36-39(29-32)57(5,6)40-30-33(48(3)4)16-19-37(40)44(36)38-28-31(14-17-35(38)42(50)56-44)41(49)45-20-22-52-24-26-54-27-25-53-23-21-46-43(51)55-34-12-10-8-7-9-11-13-34/h7-8,14-19,28-30,34H,9-13,20-27H2,1-6H3,(H,45,49)(H,46,51)/b8-7+. The number of nitrogens with one attached hydrogen (secondary N) is 2. The monoisotopic (exact) mass is 798 g/mol. The second-order valence-corrected chi connectivity index (χ2v) is 20.1. The van der Waals surface area contributed by atoms with Crippen molar-refractivity contribution in [1.82, 2.24) is 10.6 Å². The van der Waals surface area contributed by atoms with Gasteiger partial charge in [-0.1, -0.05) is 37.4 Å². The Balaban J connectivity index is 0.986. The van der Waals surface area contributed by atoms with Crippen molar-refractivity contribution < 1.29 is 38.1 Å². The molecule has 13 heteroatoms. The Bertz CT molecular complexity index is 1890. The van der Waals surface area contributed by atoms with E-state index in [0.29, 0.717) is 69.4 Å². The maximum Gasteiger partial charge on any atom is 0.407 e. The molecule has 3 aromatic rings. The van der Waals surface area contributed by atoms with E-state index in [1.165, 1.54) is 10.4 Å². The Morgan fingerprint density at radius 2 is 1.32 bits per heavy atom. The molecule has 3 aromatic carbocycles. The van der Waals surface area contributed by atoms with E-state index in [9.17, 15) is 14.4 Å². The van der Waals surface area contributed by atoms with Gasteiger partial charge in [-0.15, -0.1) is 0 Å². The lowest BCUT2D eigenvalue weighted by molar-refractivity contribution is 0.0153. The third-order valence-corrected chi connectivity index (χ3v) is 14.6. The summed E-state index contributed by atoms with van der Waals surface area (Å²) in [5.74, 6) is -0.667. The molecule has 1 atom stereocenters. The van der Waals surface area contributed by atoms with E-state index in [2.05, 4.69) is 82.1 Å². The predicted octanol–water partition coefficient (Wildman–Crippen LogP) is 4.81. The Morgan fingerprint density at radius 3 is 1.93 bits per heavy atom. The minimum absolute atomic E-state index is 0.0347. The van der Waals surface area contributed by atoms with E-state index >= 15 is 0 Å². The van der Waals surface area contributed by atoms with Crippen LogP contribution < -0.4 is 30.8 Å². The number of benzene rings is 3. The number of esters is 1. The van der Waals surface area contributed by atoms with Crippen LogP contribution in [0.4, 0.5) is 16.2 Å². The maximum atomic E-state index is 13.7. The molecule has 0 fully saturated rings. The van der Waals surface area contributed by atoms with Gasteiger partial charge < -0.3 is 44.1 Å². The molecule has 2 heterocycles. The van der Waals surface area contributed by atoms with E-state index in [1.807, 2.05) is 34.3 Å². The number of amides is 2. The number of allylic oxidation sites excluding steroid dienone is 2. The first-order chi connectivity index (χ1) is 27.4.